The van der Waals surface area contributed by atoms with Crippen molar-refractivity contribution >= 4 is 43.2 Å². The third kappa shape index (κ3) is 3.32. The number of anilines is 1. The van der Waals surface area contributed by atoms with Crippen LogP contribution in [0, 0.1) is 0 Å². The molecule has 0 aromatic heterocycles. The number of hydrogen-bond donors (Lipinski definition) is 2. The average Bonchev–Trinajstić information content (AvgIpc) is 2.42. The number of nitrogens with two attached hydrogens (primary N) is 1. The molecule has 0 radical (unpaired) electrons. The lowest BCUT2D eigenvalue weighted by Crippen LogP contribution is -2.16. The topological polar surface area (TPSA) is 72.2 Å². The maximum absolute atomic E-state index is 12.4. The molecule has 0 amide bonds. The van der Waals surface area contributed by atoms with Crippen LogP contribution in [-0.4, -0.2) is 8.42 Å². The van der Waals surface area contributed by atoms with Crippen molar-refractivity contribution in [1.29, 1.82) is 0 Å². The van der Waals surface area contributed by atoms with Crippen LogP contribution in [-0.2, 0) is 16.6 Å². The van der Waals surface area contributed by atoms with E-state index in [1.807, 2.05) is 0 Å². The molecule has 0 unspecified atom stereocenters. The van der Waals surface area contributed by atoms with Crippen LogP contribution in [0.4, 0.5) is 5.69 Å². The molecule has 0 atom stereocenters. The van der Waals surface area contributed by atoms with E-state index in [1.165, 1.54) is 6.07 Å². The zero-order valence-corrected chi connectivity index (χ0v) is 13.5. The van der Waals surface area contributed by atoms with Gasteiger partial charge in [-0.1, -0.05) is 45.7 Å². The summed E-state index contributed by atoms with van der Waals surface area (Å²) in [6.45, 7) is 0.144. The van der Waals surface area contributed by atoms with Gasteiger partial charge in [0.15, 0.2) is 0 Å². The van der Waals surface area contributed by atoms with Crippen molar-refractivity contribution in [3.63, 3.8) is 0 Å². The molecular weight excluding hydrogens is 364 g/mol. The van der Waals surface area contributed by atoms with E-state index in [0.29, 0.717) is 16.3 Å². The molecule has 0 spiro atoms. The minimum Gasteiger partial charge on any atom is -0.326 e. The highest BCUT2D eigenvalue weighted by atomic mass is 79.9. The lowest BCUT2D eigenvalue weighted by Gasteiger charge is -2.12. The van der Waals surface area contributed by atoms with Crippen LogP contribution >= 0.6 is 27.5 Å². The van der Waals surface area contributed by atoms with E-state index < -0.39 is 10.0 Å². The van der Waals surface area contributed by atoms with Gasteiger partial charge in [-0.05, 0) is 29.8 Å². The van der Waals surface area contributed by atoms with Crippen LogP contribution in [0.2, 0.25) is 5.02 Å². The van der Waals surface area contributed by atoms with E-state index in [4.69, 9.17) is 17.3 Å². The van der Waals surface area contributed by atoms with E-state index in [-0.39, 0.29) is 11.4 Å². The number of sulfonamides is 1. The van der Waals surface area contributed by atoms with Gasteiger partial charge in [-0.15, -0.1) is 0 Å². The van der Waals surface area contributed by atoms with Gasteiger partial charge in [-0.2, -0.15) is 0 Å². The van der Waals surface area contributed by atoms with Gasteiger partial charge in [-0.3, -0.25) is 4.72 Å². The van der Waals surface area contributed by atoms with Crippen molar-refractivity contribution in [3.05, 3.63) is 57.5 Å². The predicted octanol–water partition coefficient (Wildman–Crippen LogP) is 3.36. The summed E-state index contributed by atoms with van der Waals surface area (Å²) >= 11 is 9.28. The number of nitrogens with one attached hydrogen (secondary N) is 1. The van der Waals surface area contributed by atoms with E-state index in [0.717, 1.165) is 4.47 Å². The maximum atomic E-state index is 12.4. The van der Waals surface area contributed by atoms with Gasteiger partial charge in [0, 0.05) is 11.0 Å². The summed E-state index contributed by atoms with van der Waals surface area (Å²) < 4.78 is 28.0. The van der Waals surface area contributed by atoms with Crippen LogP contribution < -0.4 is 10.5 Å². The highest BCUT2D eigenvalue weighted by Gasteiger charge is 2.18. The predicted molar refractivity (Wildman–Crippen MR) is 84.3 cm³/mol. The maximum Gasteiger partial charge on any atom is 0.262 e. The second kappa shape index (κ2) is 6.13. The van der Waals surface area contributed by atoms with Crippen molar-refractivity contribution in [2.45, 2.75) is 11.4 Å². The number of halogens is 2. The normalized spacial score (nSPS) is 11.3. The summed E-state index contributed by atoms with van der Waals surface area (Å²) in [6, 6.07) is 11.5. The summed E-state index contributed by atoms with van der Waals surface area (Å²) in [5.41, 5.74) is 6.44. The van der Waals surface area contributed by atoms with E-state index >= 15 is 0 Å². The molecule has 0 heterocycles. The largest absolute Gasteiger partial charge is 0.326 e. The quantitative estimate of drug-likeness (QED) is 0.860. The van der Waals surface area contributed by atoms with Crippen LogP contribution in [0.1, 0.15) is 5.56 Å². The van der Waals surface area contributed by atoms with Gasteiger partial charge >= 0.3 is 0 Å². The fourth-order valence-corrected chi connectivity index (χ4v) is 3.82. The molecular formula is C13H12BrClN2O2S. The molecule has 106 valence electrons. The van der Waals surface area contributed by atoms with Crippen LogP contribution in [0.15, 0.2) is 51.8 Å². The third-order valence-corrected chi connectivity index (χ3v) is 4.93. The monoisotopic (exact) mass is 374 g/mol. The Balaban J connectivity index is 2.41. The Morgan fingerprint density at radius 1 is 1.20 bits per heavy atom. The first-order valence-corrected chi connectivity index (χ1v) is 8.35. The summed E-state index contributed by atoms with van der Waals surface area (Å²) in [6.07, 6.45) is 0. The van der Waals surface area contributed by atoms with Gasteiger partial charge in [0.2, 0.25) is 0 Å². The van der Waals surface area contributed by atoms with Gasteiger partial charge in [-0.25, -0.2) is 8.42 Å². The SMILES string of the molecule is NCc1ccccc1S(=O)(=O)Nc1ccc(Br)cc1Cl. The fourth-order valence-electron chi connectivity index (χ4n) is 1.71. The molecule has 0 saturated carbocycles. The lowest BCUT2D eigenvalue weighted by molar-refractivity contribution is 0.600. The Kier molecular flexibility index (Phi) is 4.70. The molecule has 2 aromatic carbocycles. The molecule has 7 heteroatoms. The molecule has 4 nitrogen and oxygen atoms in total. The molecule has 3 N–H and O–H groups in total. The first-order chi connectivity index (χ1) is 9.44. The number of hydrogen-bond acceptors (Lipinski definition) is 3. The zero-order valence-electron chi connectivity index (χ0n) is 10.3. The second-order valence-corrected chi connectivity index (χ2v) is 7.02. The van der Waals surface area contributed by atoms with E-state index in [1.54, 1.807) is 36.4 Å². The minimum atomic E-state index is -3.72. The standard InChI is InChI=1S/C13H12BrClN2O2S/c14-10-5-6-12(11(15)7-10)17-20(18,19)13-4-2-1-3-9(13)8-16/h1-7,17H,8,16H2. The summed E-state index contributed by atoms with van der Waals surface area (Å²) in [4.78, 5) is 0.154. The van der Waals surface area contributed by atoms with Crippen LogP contribution in [0.3, 0.4) is 0 Å². The van der Waals surface area contributed by atoms with Gasteiger partial charge in [0.05, 0.1) is 15.6 Å². The van der Waals surface area contributed by atoms with Gasteiger partial charge in [0.1, 0.15) is 0 Å². The zero-order chi connectivity index (χ0) is 14.8. The highest BCUT2D eigenvalue weighted by molar-refractivity contribution is 9.10. The van der Waals surface area contributed by atoms with Crippen LogP contribution in [0.25, 0.3) is 0 Å². The molecule has 20 heavy (non-hydrogen) atoms. The Hall–Kier alpha value is -1.08. The van der Waals surface area contributed by atoms with Crippen LogP contribution in [0.5, 0.6) is 0 Å². The van der Waals surface area contributed by atoms with Gasteiger partial charge < -0.3 is 5.73 Å². The molecule has 0 bridgehead atoms. The van der Waals surface area contributed by atoms with Crippen molar-refractivity contribution in [2.24, 2.45) is 5.73 Å². The minimum absolute atomic E-state index is 0.144. The molecule has 0 aliphatic heterocycles. The van der Waals surface area contributed by atoms with Gasteiger partial charge in [0.25, 0.3) is 10.0 Å². The molecule has 0 saturated heterocycles. The first kappa shape index (κ1) is 15.3. The third-order valence-electron chi connectivity index (χ3n) is 2.66. The average molecular weight is 376 g/mol. The second-order valence-electron chi connectivity index (χ2n) is 4.04. The van der Waals surface area contributed by atoms with Crippen molar-refractivity contribution in [1.82, 2.24) is 0 Å². The molecule has 2 rings (SSSR count). The summed E-state index contributed by atoms with van der Waals surface area (Å²) in [5.74, 6) is 0. The Bertz CT molecular complexity index is 735. The van der Waals surface area contributed by atoms with E-state index in [9.17, 15) is 8.42 Å². The summed E-state index contributed by atoms with van der Waals surface area (Å²) in [5, 5.41) is 0.313. The summed E-state index contributed by atoms with van der Waals surface area (Å²) in [7, 11) is -3.72. The highest BCUT2D eigenvalue weighted by Crippen LogP contribution is 2.28. The van der Waals surface area contributed by atoms with E-state index in [2.05, 4.69) is 20.7 Å². The van der Waals surface area contributed by atoms with Crippen molar-refractivity contribution < 1.29 is 8.42 Å². The smallest absolute Gasteiger partial charge is 0.262 e. The van der Waals surface area contributed by atoms with Crippen molar-refractivity contribution in [3.8, 4) is 0 Å². The number of rotatable bonds is 4. The Morgan fingerprint density at radius 2 is 1.90 bits per heavy atom. The fraction of sp³-hybridized carbons (Fsp3) is 0.0769. The molecule has 0 aliphatic carbocycles. The molecule has 0 aliphatic rings. The Labute approximate surface area is 131 Å². The molecule has 2 aromatic rings. The Morgan fingerprint density at radius 3 is 2.55 bits per heavy atom. The lowest BCUT2D eigenvalue weighted by atomic mass is 10.2. The van der Waals surface area contributed by atoms with Crippen molar-refractivity contribution in [2.75, 3.05) is 4.72 Å². The molecule has 0 fully saturated rings. The number of benzene rings is 2. The first-order valence-electron chi connectivity index (χ1n) is 5.70.